The van der Waals surface area contributed by atoms with E-state index in [9.17, 15) is 23.1 Å². The molecular weight excluding hydrogens is 343 g/mol. The monoisotopic (exact) mass is 363 g/mol. The maximum atomic E-state index is 12.9. The zero-order valence-corrected chi connectivity index (χ0v) is 14.4. The van der Waals surface area contributed by atoms with Crippen molar-refractivity contribution in [2.45, 2.75) is 31.5 Å². The van der Waals surface area contributed by atoms with Crippen molar-refractivity contribution in [1.29, 1.82) is 0 Å². The van der Waals surface area contributed by atoms with Crippen LogP contribution in [-0.2, 0) is 11.8 Å². The number of halogens is 3. The van der Waals surface area contributed by atoms with Crippen LogP contribution < -0.4 is 0 Å². The van der Waals surface area contributed by atoms with Crippen molar-refractivity contribution < 1.29 is 23.1 Å². The summed E-state index contributed by atoms with van der Waals surface area (Å²) < 4.78 is 38.7. The number of carbonyl (C=O) groups is 1. The average molecular weight is 363 g/mol. The molecule has 1 aliphatic rings. The number of hydrogen-bond donors (Lipinski definition) is 1. The van der Waals surface area contributed by atoms with Gasteiger partial charge in [-0.25, -0.2) is 0 Å². The Morgan fingerprint density at radius 3 is 2.27 bits per heavy atom. The first kappa shape index (κ1) is 18.5. The molecular formula is C20H20F3NO2. The maximum absolute atomic E-state index is 12.9. The number of nitrogens with zero attached hydrogens (tertiary/aromatic N) is 1. The molecule has 0 saturated carbocycles. The molecule has 1 aliphatic heterocycles. The number of aryl methyl sites for hydroxylation is 1. The Bertz CT molecular complexity index is 791. The van der Waals surface area contributed by atoms with Crippen LogP contribution in [0.3, 0.4) is 0 Å². The molecule has 1 fully saturated rings. The highest BCUT2D eigenvalue weighted by molar-refractivity contribution is 5.94. The first-order valence-electron chi connectivity index (χ1n) is 8.45. The van der Waals surface area contributed by atoms with Crippen molar-refractivity contribution in [2.24, 2.45) is 0 Å². The van der Waals surface area contributed by atoms with Gasteiger partial charge in [-0.1, -0.05) is 29.8 Å². The van der Waals surface area contributed by atoms with E-state index in [-0.39, 0.29) is 24.3 Å². The number of piperidine rings is 1. The normalized spacial score (nSPS) is 17.2. The Morgan fingerprint density at radius 1 is 1.08 bits per heavy atom. The van der Waals surface area contributed by atoms with Gasteiger partial charge in [0.2, 0.25) is 0 Å². The molecule has 26 heavy (non-hydrogen) atoms. The summed E-state index contributed by atoms with van der Waals surface area (Å²) >= 11 is 0. The van der Waals surface area contributed by atoms with Gasteiger partial charge in [-0.2, -0.15) is 13.2 Å². The zero-order valence-electron chi connectivity index (χ0n) is 14.4. The lowest BCUT2D eigenvalue weighted by Gasteiger charge is -2.38. The molecule has 0 aliphatic carbocycles. The van der Waals surface area contributed by atoms with Crippen LogP contribution in [0, 0.1) is 6.92 Å². The van der Waals surface area contributed by atoms with Gasteiger partial charge in [0.05, 0.1) is 11.2 Å². The van der Waals surface area contributed by atoms with Gasteiger partial charge in [-0.3, -0.25) is 4.79 Å². The molecule has 3 nitrogen and oxygen atoms in total. The van der Waals surface area contributed by atoms with Gasteiger partial charge in [-0.05, 0) is 49.6 Å². The van der Waals surface area contributed by atoms with Crippen LogP contribution in [0.5, 0.6) is 0 Å². The minimum Gasteiger partial charge on any atom is -0.385 e. The van der Waals surface area contributed by atoms with Gasteiger partial charge in [-0.15, -0.1) is 0 Å². The number of alkyl halides is 3. The molecule has 2 aromatic rings. The molecule has 1 heterocycles. The standard InChI is InChI=1S/C20H20F3NO2/c1-14-5-7-15(8-6-14)18(25)24-11-9-19(26,10-12-24)16-3-2-4-17(13-16)20(21,22)23/h2-8,13,26H,9-12H2,1H3. The fraction of sp³-hybridized carbons (Fsp3) is 0.350. The van der Waals surface area contributed by atoms with E-state index >= 15 is 0 Å². The summed E-state index contributed by atoms with van der Waals surface area (Å²) in [6.07, 6.45) is -4.05. The molecule has 0 spiro atoms. The largest absolute Gasteiger partial charge is 0.416 e. The third-order valence-electron chi connectivity index (χ3n) is 4.90. The van der Waals surface area contributed by atoms with E-state index in [0.717, 1.165) is 17.7 Å². The summed E-state index contributed by atoms with van der Waals surface area (Å²) in [7, 11) is 0. The molecule has 1 saturated heterocycles. The molecule has 1 amide bonds. The summed E-state index contributed by atoms with van der Waals surface area (Å²) in [5, 5.41) is 10.8. The van der Waals surface area contributed by atoms with Crippen LogP contribution in [-0.4, -0.2) is 29.0 Å². The average Bonchev–Trinajstić information content (AvgIpc) is 2.62. The van der Waals surface area contributed by atoms with Gasteiger partial charge in [0.1, 0.15) is 0 Å². The summed E-state index contributed by atoms with van der Waals surface area (Å²) in [6.45, 7) is 2.52. The summed E-state index contributed by atoms with van der Waals surface area (Å²) in [5.41, 5.74) is -0.263. The van der Waals surface area contributed by atoms with Crippen molar-refractivity contribution >= 4 is 5.91 Å². The Kier molecular flexibility index (Phi) is 4.80. The van der Waals surface area contributed by atoms with Crippen molar-refractivity contribution in [3.05, 3.63) is 70.8 Å². The number of amides is 1. The molecule has 1 N–H and O–H groups in total. The molecule has 6 heteroatoms. The third kappa shape index (κ3) is 3.75. The minimum absolute atomic E-state index is 0.129. The number of carbonyl (C=O) groups excluding carboxylic acids is 1. The number of aliphatic hydroxyl groups is 1. The van der Waals surface area contributed by atoms with Crippen molar-refractivity contribution in [1.82, 2.24) is 4.90 Å². The van der Waals surface area contributed by atoms with Crippen LogP contribution in [0.2, 0.25) is 0 Å². The fourth-order valence-corrected chi connectivity index (χ4v) is 3.23. The summed E-state index contributed by atoms with van der Waals surface area (Å²) in [4.78, 5) is 14.2. The predicted octanol–water partition coefficient (Wildman–Crippen LogP) is 4.14. The van der Waals surface area contributed by atoms with Crippen LogP contribution in [0.4, 0.5) is 13.2 Å². The highest BCUT2D eigenvalue weighted by atomic mass is 19.4. The van der Waals surface area contributed by atoms with Gasteiger partial charge in [0.15, 0.2) is 0 Å². The molecule has 2 aromatic carbocycles. The number of rotatable bonds is 2. The molecule has 138 valence electrons. The minimum atomic E-state index is -4.45. The molecule has 0 bridgehead atoms. The number of likely N-dealkylation sites (tertiary alicyclic amines) is 1. The van der Waals surface area contributed by atoms with Gasteiger partial charge >= 0.3 is 6.18 Å². The predicted molar refractivity (Wildman–Crippen MR) is 91.7 cm³/mol. The number of benzene rings is 2. The molecule has 0 radical (unpaired) electrons. The van der Waals surface area contributed by atoms with E-state index < -0.39 is 17.3 Å². The maximum Gasteiger partial charge on any atom is 0.416 e. The van der Waals surface area contributed by atoms with Gasteiger partial charge < -0.3 is 10.0 Å². The second-order valence-corrected chi connectivity index (χ2v) is 6.77. The van der Waals surface area contributed by atoms with E-state index in [4.69, 9.17) is 0 Å². The van der Waals surface area contributed by atoms with Crippen molar-refractivity contribution in [2.75, 3.05) is 13.1 Å². The summed E-state index contributed by atoms with van der Waals surface area (Å²) in [6, 6.07) is 12.0. The van der Waals surface area contributed by atoms with E-state index in [1.54, 1.807) is 17.0 Å². The van der Waals surface area contributed by atoms with Crippen LogP contribution in [0.1, 0.15) is 39.9 Å². The van der Waals surface area contributed by atoms with Gasteiger partial charge in [0.25, 0.3) is 5.91 Å². The molecule has 0 aromatic heterocycles. The third-order valence-corrected chi connectivity index (χ3v) is 4.90. The fourth-order valence-electron chi connectivity index (χ4n) is 3.23. The highest BCUT2D eigenvalue weighted by Gasteiger charge is 2.38. The van der Waals surface area contributed by atoms with E-state index in [1.165, 1.54) is 12.1 Å². The van der Waals surface area contributed by atoms with Crippen molar-refractivity contribution in [3.63, 3.8) is 0 Å². The van der Waals surface area contributed by atoms with Crippen LogP contribution in [0.15, 0.2) is 48.5 Å². The lowest BCUT2D eigenvalue weighted by Crippen LogP contribution is -2.45. The van der Waals surface area contributed by atoms with E-state index in [0.29, 0.717) is 18.7 Å². The quantitative estimate of drug-likeness (QED) is 0.871. The van der Waals surface area contributed by atoms with E-state index in [2.05, 4.69) is 0 Å². The van der Waals surface area contributed by atoms with Crippen LogP contribution in [0.25, 0.3) is 0 Å². The molecule has 0 atom stereocenters. The van der Waals surface area contributed by atoms with E-state index in [1.807, 2.05) is 19.1 Å². The zero-order chi connectivity index (χ0) is 18.9. The Hall–Kier alpha value is -2.34. The summed E-state index contributed by atoms with van der Waals surface area (Å²) in [5.74, 6) is -0.129. The second-order valence-electron chi connectivity index (χ2n) is 6.77. The van der Waals surface area contributed by atoms with Crippen LogP contribution >= 0.6 is 0 Å². The topological polar surface area (TPSA) is 40.5 Å². The Balaban J connectivity index is 1.73. The van der Waals surface area contributed by atoms with Gasteiger partial charge in [0, 0.05) is 18.7 Å². The van der Waals surface area contributed by atoms with Crippen molar-refractivity contribution in [3.8, 4) is 0 Å². The first-order chi connectivity index (χ1) is 12.2. The SMILES string of the molecule is Cc1ccc(C(=O)N2CCC(O)(c3cccc(C(F)(F)F)c3)CC2)cc1. The molecule has 0 unspecified atom stereocenters. The Labute approximate surface area is 150 Å². The number of hydrogen-bond acceptors (Lipinski definition) is 2. The second kappa shape index (κ2) is 6.76. The lowest BCUT2D eigenvalue weighted by atomic mass is 9.83. The smallest absolute Gasteiger partial charge is 0.385 e. The highest BCUT2D eigenvalue weighted by Crippen LogP contribution is 2.37. The lowest BCUT2D eigenvalue weighted by molar-refractivity contribution is -0.137. The molecule has 3 rings (SSSR count). The first-order valence-corrected chi connectivity index (χ1v) is 8.45. The Morgan fingerprint density at radius 2 is 1.69 bits per heavy atom.